The van der Waals surface area contributed by atoms with Crippen LogP contribution in [0.2, 0.25) is 0 Å². The van der Waals surface area contributed by atoms with E-state index in [0.717, 1.165) is 33.5 Å². The molecule has 0 fully saturated rings. The molecule has 0 radical (unpaired) electrons. The van der Waals surface area contributed by atoms with Gasteiger partial charge in [0.1, 0.15) is 11.3 Å². The van der Waals surface area contributed by atoms with E-state index in [1.165, 1.54) is 0 Å². The zero-order valence-electron chi connectivity index (χ0n) is 20.1. The quantitative estimate of drug-likeness (QED) is 0.376. The highest BCUT2D eigenvalue weighted by Gasteiger charge is 2.25. The van der Waals surface area contributed by atoms with Crippen molar-refractivity contribution in [2.75, 3.05) is 32.5 Å². The maximum absolute atomic E-state index is 12.7. The fourth-order valence-corrected chi connectivity index (χ4v) is 4.38. The molecule has 0 spiro atoms. The minimum Gasteiger partial charge on any atom is -0.493 e. The maximum atomic E-state index is 12.7. The number of methoxy groups -OCH3 is 2. The normalized spacial score (nSPS) is 12.8. The van der Waals surface area contributed by atoms with Crippen molar-refractivity contribution in [2.24, 2.45) is 0 Å². The third-order valence-corrected chi connectivity index (χ3v) is 6.18. The molecule has 3 aromatic rings. The number of rotatable bonds is 7. The van der Waals surface area contributed by atoms with Crippen molar-refractivity contribution in [3.63, 3.8) is 0 Å². The molecule has 180 valence electrons. The summed E-state index contributed by atoms with van der Waals surface area (Å²) in [7, 11) is 3.21. The number of nitrogens with zero attached hydrogens (tertiary/aromatic N) is 1. The number of fused-ring (bicyclic) bond motifs is 2. The lowest BCUT2D eigenvalue weighted by Gasteiger charge is -2.32. The molecule has 8 nitrogen and oxygen atoms in total. The Morgan fingerprint density at radius 1 is 1.09 bits per heavy atom. The Bertz CT molecular complexity index is 1290. The molecular weight excluding hydrogens is 438 g/mol. The molecule has 0 saturated heterocycles. The molecule has 2 heterocycles. The Hall–Kier alpha value is -3.68. The number of aryl methyl sites for hydroxylation is 2. The Labute approximate surface area is 198 Å². The van der Waals surface area contributed by atoms with Crippen molar-refractivity contribution in [1.82, 2.24) is 0 Å². The lowest BCUT2D eigenvalue weighted by atomic mass is 9.97. The van der Waals surface area contributed by atoms with Gasteiger partial charge in [-0.3, -0.25) is 4.79 Å². The minimum atomic E-state index is -0.430. The summed E-state index contributed by atoms with van der Waals surface area (Å²) in [6.07, 6.45) is 0.401. The van der Waals surface area contributed by atoms with E-state index in [1.54, 1.807) is 21.1 Å². The molecule has 0 atom stereocenters. The van der Waals surface area contributed by atoms with Crippen molar-refractivity contribution in [2.45, 2.75) is 40.2 Å². The summed E-state index contributed by atoms with van der Waals surface area (Å²) in [6, 6.07) is 7.75. The van der Waals surface area contributed by atoms with Gasteiger partial charge in [0, 0.05) is 46.8 Å². The second-order valence-corrected chi connectivity index (χ2v) is 8.18. The number of esters is 1. The second-order valence-electron chi connectivity index (χ2n) is 8.18. The summed E-state index contributed by atoms with van der Waals surface area (Å²) in [5.41, 5.74) is 4.10. The van der Waals surface area contributed by atoms with Crippen LogP contribution in [0, 0.1) is 13.8 Å². The van der Waals surface area contributed by atoms with Gasteiger partial charge in [-0.1, -0.05) is 0 Å². The van der Waals surface area contributed by atoms with Crippen molar-refractivity contribution in [3.05, 3.63) is 56.9 Å². The highest BCUT2D eigenvalue weighted by Crippen LogP contribution is 2.39. The van der Waals surface area contributed by atoms with E-state index in [4.69, 9.17) is 23.4 Å². The molecule has 0 amide bonds. The molecule has 1 aliphatic heterocycles. The molecule has 0 aliphatic carbocycles. The predicted molar refractivity (Wildman–Crippen MR) is 128 cm³/mol. The van der Waals surface area contributed by atoms with Crippen molar-refractivity contribution in [3.8, 4) is 17.2 Å². The average molecular weight is 468 g/mol. The predicted octanol–water partition coefficient (Wildman–Crippen LogP) is 4.28. The largest absolute Gasteiger partial charge is 0.493 e. The Morgan fingerprint density at radius 2 is 1.85 bits per heavy atom. The third kappa shape index (κ3) is 4.27. The van der Waals surface area contributed by atoms with E-state index in [2.05, 4.69) is 4.90 Å². The summed E-state index contributed by atoms with van der Waals surface area (Å²) >= 11 is 0. The number of hydrogen-bond acceptors (Lipinski definition) is 8. The number of hydrogen-bond donors (Lipinski definition) is 0. The van der Waals surface area contributed by atoms with Crippen LogP contribution in [0.4, 0.5) is 5.69 Å². The van der Waals surface area contributed by atoms with E-state index < -0.39 is 5.63 Å². The van der Waals surface area contributed by atoms with Crippen LogP contribution in [0.25, 0.3) is 11.0 Å². The first-order valence-electron chi connectivity index (χ1n) is 11.2. The standard InChI is InChI=1S/C26H29NO7/c1-6-32-23(28)10-8-19-15(2)20-11-17-13-27(18-7-9-21(30-4)22(12-18)31-5)14-33-24(17)16(3)25(20)34-26(19)29/h7,9,11-12H,6,8,10,13-14H2,1-5H3. The zero-order valence-corrected chi connectivity index (χ0v) is 20.1. The molecule has 0 bridgehead atoms. The van der Waals surface area contributed by atoms with E-state index in [0.29, 0.717) is 42.5 Å². The van der Waals surface area contributed by atoms with Gasteiger partial charge in [-0.25, -0.2) is 4.79 Å². The Kier molecular flexibility index (Phi) is 6.68. The molecule has 0 unspecified atom stereocenters. The van der Waals surface area contributed by atoms with Gasteiger partial charge in [0.2, 0.25) is 0 Å². The van der Waals surface area contributed by atoms with Gasteiger partial charge in [-0.15, -0.1) is 0 Å². The highest BCUT2D eigenvalue weighted by molar-refractivity contribution is 5.87. The fourth-order valence-electron chi connectivity index (χ4n) is 4.38. The Balaban J connectivity index is 1.70. The third-order valence-electron chi connectivity index (χ3n) is 6.18. The van der Waals surface area contributed by atoms with E-state index in [9.17, 15) is 9.59 Å². The van der Waals surface area contributed by atoms with Gasteiger partial charge < -0.3 is 28.3 Å². The van der Waals surface area contributed by atoms with Crippen LogP contribution in [0.5, 0.6) is 17.2 Å². The molecule has 1 aromatic heterocycles. The molecule has 1 aliphatic rings. The summed E-state index contributed by atoms with van der Waals surface area (Å²) in [5, 5.41) is 0.840. The first-order chi connectivity index (χ1) is 16.4. The van der Waals surface area contributed by atoms with Gasteiger partial charge in [0.15, 0.2) is 18.2 Å². The molecule has 4 rings (SSSR count). The van der Waals surface area contributed by atoms with Crippen LogP contribution in [0.3, 0.4) is 0 Å². The fraction of sp³-hybridized carbons (Fsp3) is 0.385. The van der Waals surface area contributed by atoms with Gasteiger partial charge in [0.25, 0.3) is 0 Å². The van der Waals surface area contributed by atoms with Gasteiger partial charge in [0.05, 0.1) is 20.8 Å². The monoisotopic (exact) mass is 467 g/mol. The van der Waals surface area contributed by atoms with Crippen molar-refractivity contribution < 1.29 is 28.2 Å². The summed E-state index contributed by atoms with van der Waals surface area (Å²) in [6.45, 7) is 6.81. The van der Waals surface area contributed by atoms with Gasteiger partial charge in [-0.2, -0.15) is 0 Å². The van der Waals surface area contributed by atoms with E-state index in [1.807, 2.05) is 38.1 Å². The van der Waals surface area contributed by atoms with E-state index in [-0.39, 0.29) is 18.8 Å². The lowest BCUT2D eigenvalue weighted by molar-refractivity contribution is -0.143. The molecular formula is C26H29NO7. The lowest BCUT2D eigenvalue weighted by Crippen LogP contribution is -2.32. The van der Waals surface area contributed by atoms with Gasteiger partial charge in [-0.05, 0) is 51.0 Å². The number of carbonyl (C=O) groups is 1. The number of carbonyl (C=O) groups excluding carboxylic acids is 1. The average Bonchev–Trinajstić information content (AvgIpc) is 2.84. The first-order valence-corrected chi connectivity index (χ1v) is 11.2. The van der Waals surface area contributed by atoms with Crippen LogP contribution >= 0.6 is 0 Å². The first kappa shape index (κ1) is 23.5. The van der Waals surface area contributed by atoms with Crippen LogP contribution in [0.15, 0.2) is 33.5 Å². The molecule has 0 N–H and O–H groups in total. The molecule has 0 saturated carbocycles. The highest BCUT2D eigenvalue weighted by atomic mass is 16.5. The van der Waals surface area contributed by atoms with Gasteiger partial charge >= 0.3 is 11.6 Å². The Morgan fingerprint density at radius 3 is 2.56 bits per heavy atom. The summed E-state index contributed by atoms with van der Waals surface area (Å²) in [4.78, 5) is 26.6. The van der Waals surface area contributed by atoms with Crippen LogP contribution in [-0.4, -0.2) is 33.5 Å². The number of ether oxygens (including phenoxy) is 4. The van der Waals surface area contributed by atoms with Crippen LogP contribution in [0.1, 0.15) is 35.6 Å². The molecule has 34 heavy (non-hydrogen) atoms. The smallest absolute Gasteiger partial charge is 0.339 e. The minimum absolute atomic E-state index is 0.130. The molecule has 8 heteroatoms. The van der Waals surface area contributed by atoms with Crippen molar-refractivity contribution >= 4 is 22.6 Å². The summed E-state index contributed by atoms with van der Waals surface area (Å²) < 4.78 is 27.6. The summed E-state index contributed by atoms with van der Waals surface area (Å²) in [5.74, 6) is 1.70. The van der Waals surface area contributed by atoms with Crippen LogP contribution in [-0.2, 0) is 22.5 Å². The SMILES string of the molecule is CCOC(=O)CCc1c(C)c2cc3c(c(C)c2oc1=O)OCN(c1ccc(OC)c(OC)c1)C3. The zero-order chi connectivity index (χ0) is 24.4. The van der Waals surface area contributed by atoms with E-state index >= 15 is 0 Å². The maximum Gasteiger partial charge on any atom is 0.339 e. The number of benzene rings is 2. The topological polar surface area (TPSA) is 87.4 Å². The van der Waals surface area contributed by atoms with Crippen LogP contribution < -0.4 is 24.7 Å². The van der Waals surface area contributed by atoms with Crippen molar-refractivity contribution in [1.29, 1.82) is 0 Å². The molecule has 2 aromatic carbocycles. The number of anilines is 1. The second kappa shape index (κ2) is 9.67.